The van der Waals surface area contributed by atoms with Gasteiger partial charge in [-0.3, -0.25) is 9.89 Å². The van der Waals surface area contributed by atoms with Crippen molar-refractivity contribution < 1.29 is 4.79 Å². The summed E-state index contributed by atoms with van der Waals surface area (Å²) in [5, 5.41) is 9.77. The van der Waals surface area contributed by atoms with Crippen LogP contribution in [0.15, 0.2) is 30.3 Å². The number of H-pyrrole nitrogens is 1. The number of nitrogens with one attached hydrogen (secondary N) is 2. The summed E-state index contributed by atoms with van der Waals surface area (Å²) in [4.78, 5) is 14.6. The Morgan fingerprint density at radius 2 is 2.00 bits per heavy atom. The number of benzene rings is 1. The number of hydrogen-bond donors (Lipinski definition) is 2. The SMILES string of the molecule is Cc1cc(C(=O)Nc2ccccc2N2CCCCC2)n[nH]1. The first kappa shape index (κ1) is 13.7. The predicted molar refractivity (Wildman–Crippen MR) is 83.8 cm³/mol. The molecule has 1 saturated heterocycles. The maximum absolute atomic E-state index is 12.3. The summed E-state index contributed by atoms with van der Waals surface area (Å²) in [6.45, 7) is 3.98. The van der Waals surface area contributed by atoms with E-state index < -0.39 is 0 Å². The fourth-order valence-corrected chi connectivity index (χ4v) is 2.71. The van der Waals surface area contributed by atoms with Crippen molar-refractivity contribution in [2.45, 2.75) is 26.2 Å². The van der Waals surface area contributed by atoms with Crippen molar-refractivity contribution in [2.24, 2.45) is 0 Å². The topological polar surface area (TPSA) is 61.0 Å². The molecule has 1 aromatic heterocycles. The molecular formula is C16H20N4O. The van der Waals surface area contributed by atoms with Crippen molar-refractivity contribution in [1.82, 2.24) is 10.2 Å². The van der Waals surface area contributed by atoms with Crippen LogP contribution in [0.4, 0.5) is 11.4 Å². The molecule has 2 N–H and O–H groups in total. The van der Waals surface area contributed by atoms with Gasteiger partial charge in [0.25, 0.3) is 5.91 Å². The van der Waals surface area contributed by atoms with Crippen molar-refractivity contribution in [1.29, 1.82) is 0 Å². The molecule has 0 radical (unpaired) electrons. The third kappa shape index (κ3) is 3.07. The first-order valence-corrected chi connectivity index (χ1v) is 7.41. The van der Waals surface area contributed by atoms with E-state index in [4.69, 9.17) is 0 Å². The number of aromatic amines is 1. The maximum Gasteiger partial charge on any atom is 0.276 e. The number of hydrogen-bond acceptors (Lipinski definition) is 3. The normalized spacial score (nSPS) is 15.0. The zero-order chi connectivity index (χ0) is 14.7. The average Bonchev–Trinajstić information content (AvgIpc) is 2.95. The van der Waals surface area contributed by atoms with Crippen LogP contribution in [0.2, 0.25) is 0 Å². The van der Waals surface area contributed by atoms with Crippen LogP contribution in [0.1, 0.15) is 35.4 Å². The fourth-order valence-electron chi connectivity index (χ4n) is 2.71. The van der Waals surface area contributed by atoms with Gasteiger partial charge in [0.15, 0.2) is 5.69 Å². The molecule has 0 spiro atoms. The molecule has 2 heterocycles. The van der Waals surface area contributed by atoms with Gasteiger partial charge in [0.1, 0.15) is 0 Å². The molecule has 1 fully saturated rings. The number of carbonyl (C=O) groups is 1. The molecule has 2 aromatic rings. The molecule has 5 heteroatoms. The largest absolute Gasteiger partial charge is 0.370 e. The third-order valence-electron chi connectivity index (χ3n) is 3.79. The van der Waals surface area contributed by atoms with Gasteiger partial charge in [-0.05, 0) is 44.4 Å². The minimum Gasteiger partial charge on any atom is -0.370 e. The summed E-state index contributed by atoms with van der Waals surface area (Å²) in [6.07, 6.45) is 3.71. The lowest BCUT2D eigenvalue weighted by atomic mass is 10.1. The summed E-state index contributed by atoms with van der Waals surface area (Å²) in [7, 11) is 0. The molecule has 0 atom stereocenters. The van der Waals surface area contributed by atoms with Crippen LogP contribution in [0.5, 0.6) is 0 Å². The molecule has 21 heavy (non-hydrogen) atoms. The highest BCUT2D eigenvalue weighted by Crippen LogP contribution is 2.28. The molecule has 1 aliphatic heterocycles. The van der Waals surface area contributed by atoms with E-state index in [2.05, 4.69) is 26.5 Å². The second-order valence-corrected chi connectivity index (χ2v) is 5.46. The number of carbonyl (C=O) groups excluding carboxylic acids is 1. The highest BCUT2D eigenvalue weighted by Gasteiger charge is 2.16. The molecule has 0 saturated carbocycles. The Morgan fingerprint density at radius 3 is 2.71 bits per heavy atom. The van der Waals surface area contributed by atoms with Crippen molar-refractivity contribution in [2.75, 3.05) is 23.3 Å². The fraction of sp³-hybridized carbons (Fsp3) is 0.375. The molecule has 0 unspecified atom stereocenters. The van der Waals surface area contributed by atoms with Gasteiger partial charge in [-0.25, -0.2) is 0 Å². The van der Waals surface area contributed by atoms with Crippen LogP contribution in [0.25, 0.3) is 0 Å². The molecule has 1 amide bonds. The molecule has 0 aliphatic carbocycles. The lowest BCUT2D eigenvalue weighted by Crippen LogP contribution is -2.30. The lowest BCUT2D eigenvalue weighted by molar-refractivity contribution is 0.102. The monoisotopic (exact) mass is 284 g/mol. The molecule has 110 valence electrons. The van der Waals surface area contributed by atoms with Gasteiger partial charge in [-0.1, -0.05) is 12.1 Å². The number of nitrogens with zero attached hydrogens (tertiary/aromatic N) is 2. The molecule has 1 aliphatic rings. The van der Waals surface area contributed by atoms with Gasteiger partial charge < -0.3 is 10.2 Å². The Balaban J connectivity index is 1.80. The smallest absolute Gasteiger partial charge is 0.276 e. The summed E-state index contributed by atoms with van der Waals surface area (Å²) in [6, 6.07) is 9.72. The zero-order valence-electron chi connectivity index (χ0n) is 12.2. The summed E-state index contributed by atoms with van der Waals surface area (Å²) >= 11 is 0. The van der Waals surface area contributed by atoms with E-state index in [0.29, 0.717) is 5.69 Å². The quantitative estimate of drug-likeness (QED) is 0.911. The van der Waals surface area contributed by atoms with E-state index >= 15 is 0 Å². The lowest BCUT2D eigenvalue weighted by Gasteiger charge is -2.30. The van der Waals surface area contributed by atoms with Gasteiger partial charge in [-0.2, -0.15) is 5.10 Å². The Kier molecular flexibility index (Phi) is 3.90. The van der Waals surface area contributed by atoms with Gasteiger partial charge >= 0.3 is 0 Å². The number of amides is 1. The molecular weight excluding hydrogens is 264 g/mol. The second kappa shape index (κ2) is 5.99. The van der Waals surface area contributed by atoms with E-state index in [1.54, 1.807) is 6.07 Å². The maximum atomic E-state index is 12.3. The molecule has 5 nitrogen and oxygen atoms in total. The standard InChI is InChI=1S/C16H20N4O/c1-12-11-14(19-18-12)16(21)17-13-7-3-4-8-15(13)20-9-5-2-6-10-20/h3-4,7-8,11H,2,5-6,9-10H2,1H3,(H,17,21)(H,18,19). The van der Waals surface area contributed by atoms with Crippen LogP contribution >= 0.6 is 0 Å². The van der Waals surface area contributed by atoms with E-state index in [1.165, 1.54) is 19.3 Å². The number of rotatable bonds is 3. The first-order valence-electron chi connectivity index (χ1n) is 7.41. The number of anilines is 2. The third-order valence-corrected chi connectivity index (χ3v) is 3.79. The van der Waals surface area contributed by atoms with Crippen molar-refractivity contribution in [3.05, 3.63) is 41.7 Å². The van der Waals surface area contributed by atoms with Crippen LogP contribution in [-0.4, -0.2) is 29.2 Å². The number of piperidine rings is 1. The minimum absolute atomic E-state index is 0.177. The van der Waals surface area contributed by atoms with Gasteiger partial charge in [0.2, 0.25) is 0 Å². The van der Waals surface area contributed by atoms with Crippen molar-refractivity contribution in [3.63, 3.8) is 0 Å². The van der Waals surface area contributed by atoms with Crippen LogP contribution in [0, 0.1) is 6.92 Å². The van der Waals surface area contributed by atoms with Crippen LogP contribution in [0.3, 0.4) is 0 Å². The Morgan fingerprint density at radius 1 is 1.24 bits per heavy atom. The molecule has 1 aromatic carbocycles. The van der Waals surface area contributed by atoms with Crippen molar-refractivity contribution in [3.8, 4) is 0 Å². The molecule has 0 bridgehead atoms. The highest BCUT2D eigenvalue weighted by atomic mass is 16.1. The van der Waals surface area contributed by atoms with Crippen LogP contribution < -0.4 is 10.2 Å². The summed E-state index contributed by atoms with van der Waals surface area (Å²) in [5.74, 6) is -0.177. The van der Waals surface area contributed by atoms with E-state index in [9.17, 15) is 4.79 Å². The van der Waals surface area contributed by atoms with E-state index in [-0.39, 0.29) is 5.91 Å². The van der Waals surface area contributed by atoms with Crippen LogP contribution in [-0.2, 0) is 0 Å². The number of aromatic nitrogens is 2. The summed E-state index contributed by atoms with van der Waals surface area (Å²) in [5.41, 5.74) is 3.24. The second-order valence-electron chi connectivity index (χ2n) is 5.46. The van der Waals surface area contributed by atoms with Gasteiger partial charge in [-0.15, -0.1) is 0 Å². The van der Waals surface area contributed by atoms with Gasteiger partial charge in [0, 0.05) is 18.8 Å². The average molecular weight is 284 g/mol. The van der Waals surface area contributed by atoms with E-state index in [1.807, 2.05) is 25.1 Å². The molecule has 3 rings (SSSR count). The van der Waals surface area contributed by atoms with E-state index in [0.717, 1.165) is 30.2 Å². The Hall–Kier alpha value is -2.30. The van der Waals surface area contributed by atoms with Crippen molar-refractivity contribution >= 4 is 17.3 Å². The number of aryl methyl sites for hydroxylation is 1. The number of para-hydroxylation sites is 2. The minimum atomic E-state index is -0.177. The highest BCUT2D eigenvalue weighted by molar-refractivity contribution is 6.04. The zero-order valence-corrected chi connectivity index (χ0v) is 12.2. The summed E-state index contributed by atoms with van der Waals surface area (Å²) < 4.78 is 0. The Bertz CT molecular complexity index is 629. The Labute approximate surface area is 124 Å². The first-order chi connectivity index (χ1) is 10.2. The predicted octanol–water partition coefficient (Wildman–Crippen LogP) is 2.96. The van der Waals surface area contributed by atoms with Gasteiger partial charge in [0.05, 0.1) is 11.4 Å².